The first-order valence-corrected chi connectivity index (χ1v) is 19.8. The van der Waals surface area contributed by atoms with E-state index in [0.717, 1.165) is 5.57 Å². The Hall–Kier alpha value is -2.61. The standard InChI is InChI=1S/C28H45N3O6Si2/c1-19(12-10-14-29)16-21(37-39(8,9)28(2,3)4)17-20(32)18-23-30-24(27(36-23)38(5,6)7)25(33)31-15-11-13-22(31)26(34)35/h10,12-13,16,21H,11,14-15,17-18,29H2,1-9H3,(H,34,35)/b12-10+,19-16+/t21-/m1/s1. The highest BCUT2D eigenvalue weighted by atomic mass is 28.4. The van der Waals surface area contributed by atoms with E-state index >= 15 is 0 Å². The highest BCUT2D eigenvalue weighted by molar-refractivity contribution is 6.88. The molecule has 9 nitrogen and oxygen atoms in total. The van der Waals surface area contributed by atoms with Gasteiger partial charge in [-0.2, -0.15) is 0 Å². The van der Waals surface area contributed by atoms with Gasteiger partial charge in [-0.05, 0) is 31.5 Å². The van der Waals surface area contributed by atoms with Gasteiger partial charge >= 0.3 is 5.97 Å². The predicted molar refractivity (Wildman–Crippen MR) is 158 cm³/mol. The molecule has 0 fully saturated rings. The lowest BCUT2D eigenvalue weighted by molar-refractivity contribution is -0.134. The molecule has 1 aromatic rings. The fourth-order valence-corrected chi connectivity index (χ4v) is 6.51. The molecule has 0 unspecified atom stereocenters. The zero-order chi connectivity index (χ0) is 29.8. The number of aliphatic carboxylic acids is 1. The fourth-order valence-electron chi connectivity index (χ4n) is 3.95. The number of amides is 1. The summed E-state index contributed by atoms with van der Waals surface area (Å²) in [4.78, 5) is 43.9. The molecular weight excluding hydrogens is 530 g/mol. The third-order valence-electron chi connectivity index (χ3n) is 7.00. The van der Waals surface area contributed by atoms with Crippen molar-refractivity contribution in [2.45, 2.75) is 90.8 Å². The Balaban J connectivity index is 2.34. The van der Waals surface area contributed by atoms with Gasteiger partial charge in [-0.1, -0.05) is 70.3 Å². The molecular formula is C28H45N3O6Si2. The van der Waals surface area contributed by atoms with E-state index in [1.807, 2.05) is 44.8 Å². The Kier molecular flexibility index (Phi) is 10.6. The number of carbonyl (C=O) groups is 3. The number of allylic oxidation sites excluding steroid dienone is 2. The second-order valence-electron chi connectivity index (χ2n) is 12.6. The molecule has 0 aliphatic carbocycles. The first kappa shape index (κ1) is 32.6. The Morgan fingerprint density at radius 2 is 1.87 bits per heavy atom. The lowest BCUT2D eigenvalue weighted by Crippen LogP contribution is -2.44. The molecule has 0 saturated carbocycles. The Morgan fingerprint density at radius 3 is 2.41 bits per heavy atom. The van der Waals surface area contributed by atoms with Crippen molar-refractivity contribution in [3.63, 3.8) is 0 Å². The van der Waals surface area contributed by atoms with E-state index in [9.17, 15) is 19.5 Å². The van der Waals surface area contributed by atoms with Crippen LogP contribution in [0.1, 0.15) is 56.9 Å². The van der Waals surface area contributed by atoms with E-state index in [2.05, 4.69) is 38.8 Å². The second-order valence-corrected chi connectivity index (χ2v) is 22.3. The maximum Gasteiger partial charge on any atom is 0.352 e. The van der Waals surface area contributed by atoms with E-state index in [4.69, 9.17) is 14.6 Å². The fraction of sp³-hybridized carbons (Fsp3) is 0.571. The highest BCUT2D eigenvalue weighted by Crippen LogP contribution is 2.38. The van der Waals surface area contributed by atoms with Crippen molar-refractivity contribution in [1.29, 1.82) is 0 Å². The third kappa shape index (κ3) is 8.69. The van der Waals surface area contributed by atoms with Crippen molar-refractivity contribution in [2.75, 3.05) is 13.1 Å². The zero-order valence-corrected chi connectivity index (χ0v) is 26.9. The predicted octanol–water partition coefficient (Wildman–Crippen LogP) is 4.39. The summed E-state index contributed by atoms with van der Waals surface area (Å²) in [5.74, 6) is -1.63. The van der Waals surface area contributed by atoms with Crippen molar-refractivity contribution in [2.24, 2.45) is 5.73 Å². The van der Waals surface area contributed by atoms with Crippen LogP contribution < -0.4 is 11.1 Å². The molecule has 1 atom stereocenters. The van der Waals surface area contributed by atoms with Crippen LogP contribution in [0.15, 0.2) is 40.0 Å². The molecule has 0 spiro atoms. The van der Waals surface area contributed by atoms with Gasteiger partial charge in [0.15, 0.2) is 14.0 Å². The average Bonchev–Trinajstić information content (AvgIpc) is 3.43. The molecule has 1 aromatic heterocycles. The Labute approximate surface area is 234 Å². The van der Waals surface area contributed by atoms with Gasteiger partial charge in [-0.3, -0.25) is 9.59 Å². The monoisotopic (exact) mass is 575 g/mol. The van der Waals surface area contributed by atoms with Gasteiger partial charge in [0.05, 0.1) is 12.5 Å². The smallest absolute Gasteiger partial charge is 0.352 e. The maximum absolute atomic E-state index is 13.4. The van der Waals surface area contributed by atoms with E-state index in [0.29, 0.717) is 18.3 Å². The third-order valence-corrected chi connectivity index (χ3v) is 13.2. The number of carboxylic acids is 1. The number of carboxylic acid groups (broad SMARTS) is 1. The summed E-state index contributed by atoms with van der Waals surface area (Å²) in [6, 6.07) is 0. The molecule has 2 heterocycles. The van der Waals surface area contributed by atoms with Crippen molar-refractivity contribution < 1.29 is 28.3 Å². The topological polar surface area (TPSA) is 136 Å². The van der Waals surface area contributed by atoms with E-state index in [1.54, 1.807) is 0 Å². The summed E-state index contributed by atoms with van der Waals surface area (Å²) >= 11 is 0. The highest BCUT2D eigenvalue weighted by Gasteiger charge is 2.40. The molecule has 0 saturated heterocycles. The summed E-state index contributed by atoms with van der Waals surface area (Å²) in [6.07, 6.45) is 7.32. The lowest BCUT2D eigenvalue weighted by atomic mass is 10.1. The van der Waals surface area contributed by atoms with Crippen LogP contribution in [0, 0.1) is 0 Å². The number of Topliss-reactive ketones (excluding diaryl/α,β-unsaturated/α-hetero) is 1. The van der Waals surface area contributed by atoms with Crippen LogP contribution in [0.4, 0.5) is 0 Å². The molecule has 11 heteroatoms. The summed E-state index contributed by atoms with van der Waals surface area (Å²) in [5, 5.41) is 9.92. The molecule has 1 aliphatic heterocycles. The molecule has 216 valence electrons. The number of nitrogens with zero attached hydrogens (tertiary/aromatic N) is 2. The van der Waals surface area contributed by atoms with Gasteiger partial charge < -0.3 is 24.6 Å². The van der Waals surface area contributed by atoms with Crippen molar-refractivity contribution in [3.05, 3.63) is 47.2 Å². The first-order valence-electron chi connectivity index (χ1n) is 13.4. The molecule has 0 bridgehead atoms. The summed E-state index contributed by atoms with van der Waals surface area (Å²) in [5.41, 5.74) is 6.59. The molecule has 1 amide bonds. The maximum atomic E-state index is 13.4. The van der Waals surface area contributed by atoms with E-state index in [-0.39, 0.29) is 47.5 Å². The van der Waals surface area contributed by atoms with Gasteiger partial charge in [0.25, 0.3) is 5.91 Å². The van der Waals surface area contributed by atoms with Crippen molar-refractivity contribution >= 4 is 39.4 Å². The van der Waals surface area contributed by atoms with Crippen LogP contribution in [0.3, 0.4) is 0 Å². The van der Waals surface area contributed by atoms with Gasteiger partial charge in [-0.15, -0.1) is 0 Å². The Morgan fingerprint density at radius 1 is 1.23 bits per heavy atom. The van der Waals surface area contributed by atoms with Gasteiger partial charge in [-0.25, -0.2) is 9.78 Å². The minimum Gasteiger partial charge on any atom is -0.477 e. The number of nitrogens with two attached hydrogens (primary N) is 1. The second kappa shape index (κ2) is 12.7. The Bertz CT molecular complexity index is 1170. The number of oxazole rings is 1. The minimum atomic E-state index is -2.19. The van der Waals surface area contributed by atoms with E-state index in [1.165, 1.54) is 11.0 Å². The normalized spacial score (nSPS) is 16.1. The van der Waals surface area contributed by atoms with Gasteiger partial charge in [0.2, 0.25) is 5.89 Å². The number of hydrogen-bond acceptors (Lipinski definition) is 7. The zero-order valence-electron chi connectivity index (χ0n) is 24.9. The lowest BCUT2D eigenvalue weighted by Gasteiger charge is -2.38. The van der Waals surface area contributed by atoms with Crippen LogP contribution in [-0.2, 0) is 20.4 Å². The van der Waals surface area contributed by atoms with Gasteiger partial charge in [0, 0.05) is 19.5 Å². The first-order chi connectivity index (χ1) is 17.9. The summed E-state index contributed by atoms with van der Waals surface area (Å²) in [6.45, 7) is 19.4. The number of aromatic nitrogens is 1. The van der Waals surface area contributed by atoms with E-state index < -0.39 is 34.4 Å². The molecule has 39 heavy (non-hydrogen) atoms. The van der Waals surface area contributed by atoms with Crippen LogP contribution >= 0.6 is 0 Å². The number of ketones is 1. The SMILES string of the molecule is CC(/C=C/CN)=C\[C@H](CC(=O)Cc1nc(C(=O)N2CCC=C2C(=O)O)c([Si](C)(C)C)o1)O[Si](C)(C)C(C)(C)C. The molecule has 3 N–H and O–H groups in total. The molecule has 0 aromatic carbocycles. The van der Waals surface area contributed by atoms with Crippen LogP contribution in [0.25, 0.3) is 0 Å². The van der Waals surface area contributed by atoms with Crippen LogP contribution in [-0.4, -0.2) is 68.2 Å². The molecule has 1 aliphatic rings. The summed E-state index contributed by atoms with van der Waals surface area (Å²) < 4.78 is 12.6. The van der Waals surface area contributed by atoms with Crippen molar-refractivity contribution in [1.82, 2.24) is 9.88 Å². The van der Waals surface area contributed by atoms with Crippen LogP contribution in [0.5, 0.6) is 0 Å². The number of carbonyl (C=O) groups excluding carboxylic acids is 2. The number of hydrogen-bond donors (Lipinski definition) is 2. The largest absolute Gasteiger partial charge is 0.477 e. The molecule has 0 radical (unpaired) electrons. The van der Waals surface area contributed by atoms with Gasteiger partial charge in [0.1, 0.15) is 24.9 Å². The molecule has 2 rings (SSSR count). The van der Waals surface area contributed by atoms with Crippen LogP contribution in [0.2, 0.25) is 37.8 Å². The summed E-state index contributed by atoms with van der Waals surface area (Å²) in [7, 11) is -4.37. The quantitative estimate of drug-likeness (QED) is 0.277. The van der Waals surface area contributed by atoms with Crippen molar-refractivity contribution in [3.8, 4) is 0 Å². The minimum absolute atomic E-state index is 0.0357. The number of rotatable bonds is 12. The average molecular weight is 576 g/mol.